The number of aryl methyl sites for hydroxylation is 1. The van der Waals surface area contributed by atoms with Crippen LogP contribution in [0.2, 0.25) is 0 Å². The number of hydrogen-bond acceptors (Lipinski definition) is 1. The van der Waals surface area contributed by atoms with Gasteiger partial charge in [0, 0.05) is 5.56 Å². The predicted octanol–water partition coefficient (Wildman–Crippen LogP) is 4.34. The van der Waals surface area contributed by atoms with Crippen molar-refractivity contribution in [3.8, 4) is 0 Å². The van der Waals surface area contributed by atoms with E-state index in [0.29, 0.717) is 11.6 Å². The predicted molar refractivity (Wildman–Crippen MR) is 68.6 cm³/mol. The number of benzene rings is 2. The first kappa shape index (κ1) is 15.4. The Hall–Kier alpha value is -1.95. The summed E-state index contributed by atoms with van der Waals surface area (Å²) in [7, 11) is 0. The maximum Gasteiger partial charge on any atom is 0.419 e. The first-order valence-corrected chi connectivity index (χ1v) is 6.08. The minimum absolute atomic E-state index is 0.214. The molecule has 0 saturated carbocycles. The van der Waals surface area contributed by atoms with Crippen molar-refractivity contribution in [1.29, 1.82) is 0 Å². The Labute approximate surface area is 118 Å². The number of alkyl halides is 3. The topological polar surface area (TPSA) is 26.0 Å². The summed E-state index contributed by atoms with van der Waals surface area (Å²) >= 11 is 0. The molecule has 2 rings (SSSR count). The van der Waals surface area contributed by atoms with Gasteiger partial charge in [-0.15, -0.1) is 0 Å². The van der Waals surface area contributed by atoms with E-state index in [1.807, 2.05) is 0 Å². The van der Waals surface area contributed by atoms with Crippen LogP contribution in [0.1, 0.15) is 28.3 Å². The van der Waals surface area contributed by atoms with Gasteiger partial charge in [-0.1, -0.05) is 18.2 Å². The molecule has 2 aromatic rings. The van der Waals surface area contributed by atoms with Crippen molar-refractivity contribution in [1.82, 2.24) is 0 Å². The lowest BCUT2D eigenvalue weighted by atomic mass is 9.96. The zero-order chi connectivity index (χ0) is 15.8. The minimum atomic E-state index is -4.81. The summed E-state index contributed by atoms with van der Waals surface area (Å²) in [4.78, 5) is 0. The minimum Gasteiger partial charge on any atom is -0.320 e. The maximum atomic E-state index is 14.0. The van der Waals surface area contributed by atoms with Gasteiger partial charge >= 0.3 is 6.18 Å². The van der Waals surface area contributed by atoms with Gasteiger partial charge in [-0.05, 0) is 36.2 Å². The van der Waals surface area contributed by atoms with E-state index >= 15 is 0 Å². The highest BCUT2D eigenvalue weighted by Gasteiger charge is 2.35. The average Bonchev–Trinajstić information content (AvgIpc) is 2.35. The van der Waals surface area contributed by atoms with Crippen LogP contribution in [0, 0.1) is 18.6 Å². The van der Waals surface area contributed by atoms with E-state index in [4.69, 9.17) is 5.73 Å². The van der Waals surface area contributed by atoms with Crippen LogP contribution in [0.15, 0.2) is 36.4 Å². The molecule has 0 aliphatic rings. The Morgan fingerprint density at radius 2 is 1.71 bits per heavy atom. The fourth-order valence-corrected chi connectivity index (χ4v) is 2.13. The summed E-state index contributed by atoms with van der Waals surface area (Å²) in [6, 6.07) is 5.54. The van der Waals surface area contributed by atoms with Crippen molar-refractivity contribution in [2.24, 2.45) is 5.73 Å². The molecular formula is C15H12F5N. The van der Waals surface area contributed by atoms with E-state index in [9.17, 15) is 22.0 Å². The van der Waals surface area contributed by atoms with Crippen molar-refractivity contribution in [3.05, 3.63) is 70.3 Å². The van der Waals surface area contributed by atoms with Crippen LogP contribution in [0.25, 0.3) is 0 Å². The Morgan fingerprint density at radius 3 is 2.29 bits per heavy atom. The number of nitrogens with two attached hydrogens (primary N) is 1. The Kier molecular flexibility index (Phi) is 4.00. The molecule has 0 bridgehead atoms. The van der Waals surface area contributed by atoms with E-state index in [0.717, 1.165) is 18.2 Å². The summed E-state index contributed by atoms with van der Waals surface area (Å²) < 4.78 is 65.4. The van der Waals surface area contributed by atoms with E-state index in [1.54, 1.807) is 6.92 Å². The monoisotopic (exact) mass is 301 g/mol. The largest absolute Gasteiger partial charge is 0.419 e. The molecule has 0 aromatic heterocycles. The van der Waals surface area contributed by atoms with Crippen LogP contribution >= 0.6 is 0 Å². The first-order valence-electron chi connectivity index (χ1n) is 6.08. The summed E-state index contributed by atoms with van der Waals surface area (Å²) in [5.74, 6) is -2.01. The van der Waals surface area contributed by atoms with Crippen molar-refractivity contribution >= 4 is 0 Å². The third kappa shape index (κ3) is 3.21. The molecule has 1 atom stereocenters. The van der Waals surface area contributed by atoms with E-state index < -0.39 is 29.4 Å². The molecule has 2 aromatic carbocycles. The lowest BCUT2D eigenvalue weighted by Crippen LogP contribution is -2.17. The van der Waals surface area contributed by atoms with Gasteiger partial charge in [0.25, 0.3) is 0 Å². The van der Waals surface area contributed by atoms with Gasteiger partial charge < -0.3 is 5.73 Å². The number of halogens is 5. The molecule has 0 spiro atoms. The molecule has 0 amide bonds. The first-order chi connectivity index (χ1) is 9.70. The SMILES string of the molecule is Cc1cc(F)cc(C(N)c2cccc(C(F)(F)F)c2F)c1. The van der Waals surface area contributed by atoms with Crippen molar-refractivity contribution in [2.45, 2.75) is 19.1 Å². The second-order valence-electron chi connectivity index (χ2n) is 4.75. The molecule has 2 N–H and O–H groups in total. The molecule has 21 heavy (non-hydrogen) atoms. The van der Waals surface area contributed by atoms with E-state index in [2.05, 4.69) is 0 Å². The summed E-state index contributed by atoms with van der Waals surface area (Å²) in [6.45, 7) is 1.61. The quantitative estimate of drug-likeness (QED) is 0.820. The summed E-state index contributed by atoms with van der Waals surface area (Å²) in [5.41, 5.74) is 4.85. The second-order valence-corrected chi connectivity index (χ2v) is 4.75. The lowest BCUT2D eigenvalue weighted by molar-refractivity contribution is -0.140. The molecule has 112 valence electrons. The number of hydrogen-bond donors (Lipinski definition) is 1. The van der Waals surface area contributed by atoms with Gasteiger partial charge in [-0.3, -0.25) is 0 Å². The molecular weight excluding hydrogens is 289 g/mol. The van der Waals surface area contributed by atoms with Crippen molar-refractivity contribution in [2.75, 3.05) is 0 Å². The maximum absolute atomic E-state index is 14.0. The number of rotatable bonds is 2. The van der Waals surface area contributed by atoms with Crippen molar-refractivity contribution < 1.29 is 22.0 Å². The highest BCUT2D eigenvalue weighted by molar-refractivity contribution is 5.37. The Morgan fingerprint density at radius 1 is 1.05 bits per heavy atom. The molecule has 0 radical (unpaired) electrons. The van der Waals surface area contributed by atoms with Gasteiger partial charge in [0.05, 0.1) is 11.6 Å². The van der Waals surface area contributed by atoms with Crippen LogP contribution in [0.5, 0.6) is 0 Å². The average molecular weight is 301 g/mol. The summed E-state index contributed by atoms with van der Waals surface area (Å²) in [6.07, 6.45) is -4.81. The normalized spacial score (nSPS) is 13.3. The van der Waals surface area contributed by atoms with E-state index in [-0.39, 0.29) is 11.1 Å². The standard InChI is InChI=1S/C15H12F5N/c1-8-5-9(7-10(16)6-8)14(21)11-3-2-4-12(13(11)17)15(18,19)20/h2-7,14H,21H2,1H3. The molecule has 0 fully saturated rings. The van der Waals surface area contributed by atoms with Gasteiger partial charge in [-0.2, -0.15) is 13.2 Å². The lowest BCUT2D eigenvalue weighted by Gasteiger charge is -2.17. The van der Waals surface area contributed by atoms with Gasteiger partial charge in [0.2, 0.25) is 0 Å². The second kappa shape index (κ2) is 5.44. The van der Waals surface area contributed by atoms with Crippen LogP contribution < -0.4 is 5.73 Å². The molecule has 0 saturated heterocycles. The highest BCUT2D eigenvalue weighted by Crippen LogP contribution is 2.34. The fourth-order valence-electron chi connectivity index (χ4n) is 2.13. The Bertz CT molecular complexity index is 643. The van der Waals surface area contributed by atoms with Crippen LogP contribution in [-0.4, -0.2) is 0 Å². The van der Waals surface area contributed by atoms with Crippen molar-refractivity contribution in [3.63, 3.8) is 0 Å². The zero-order valence-corrected chi connectivity index (χ0v) is 11.0. The van der Waals surface area contributed by atoms with Crippen LogP contribution in [-0.2, 0) is 6.18 Å². The third-order valence-electron chi connectivity index (χ3n) is 3.09. The summed E-state index contributed by atoms with van der Waals surface area (Å²) in [5, 5.41) is 0. The fraction of sp³-hybridized carbons (Fsp3) is 0.200. The van der Waals surface area contributed by atoms with Gasteiger partial charge in [0.15, 0.2) is 0 Å². The van der Waals surface area contributed by atoms with Crippen LogP contribution in [0.4, 0.5) is 22.0 Å². The molecule has 1 unspecified atom stereocenters. The zero-order valence-electron chi connectivity index (χ0n) is 11.0. The smallest absolute Gasteiger partial charge is 0.320 e. The molecule has 0 aliphatic heterocycles. The molecule has 0 heterocycles. The van der Waals surface area contributed by atoms with Gasteiger partial charge in [0.1, 0.15) is 11.6 Å². The Balaban J connectivity index is 2.51. The molecule has 1 nitrogen and oxygen atoms in total. The molecule has 6 heteroatoms. The molecule has 0 aliphatic carbocycles. The van der Waals surface area contributed by atoms with E-state index in [1.165, 1.54) is 12.1 Å². The van der Waals surface area contributed by atoms with Gasteiger partial charge in [-0.25, -0.2) is 8.78 Å². The van der Waals surface area contributed by atoms with Crippen LogP contribution in [0.3, 0.4) is 0 Å². The highest BCUT2D eigenvalue weighted by atomic mass is 19.4. The third-order valence-corrected chi connectivity index (χ3v) is 3.09.